The highest BCUT2D eigenvalue weighted by Crippen LogP contribution is 2.32. The fourth-order valence-electron chi connectivity index (χ4n) is 3.15. The van der Waals surface area contributed by atoms with Gasteiger partial charge in [0.15, 0.2) is 0 Å². The van der Waals surface area contributed by atoms with E-state index >= 15 is 0 Å². The Bertz CT molecular complexity index is 452. The van der Waals surface area contributed by atoms with Gasteiger partial charge in [-0.3, -0.25) is 4.79 Å². The Balaban J connectivity index is 1.68. The van der Waals surface area contributed by atoms with Gasteiger partial charge in [0.2, 0.25) is 5.91 Å². The van der Waals surface area contributed by atoms with Crippen molar-refractivity contribution in [2.24, 2.45) is 5.92 Å². The van der Waals surface area contributed by atoms with Gasteiger partial charge in [-0.05, 0) is 18.9 Å². The monoisotopic (exact) mass is 259 g/mol. The lowest BCUT2D eigenvalue weighted by Gasteiger charge is -2.29. The van der Waals surface area contributed by atoms with Crippen LogP contribution in [0, 0.1) is 5.92 Å². The summed E-state index contributed by atoms with van der Waals surface area (Å²) in [6.07, 6.45) is 6.65. The second-order valence-corrected chi connectivity index (χ2v) is 5.57. The molecule has 1 aliphatic carbocycles. The smallest absolute Gasteiger partial charge is 0.223 e. The lowest BCUT2D eigenvalue weighted by atomic mass is 9.88. The Kier molecular flexibility index (Phi) is 3.72. The van der Waals surface area contributed by atoms with Crippen LogP contribution >= 0.6 is 0 Å². The van der Waals surface area contributed by atoms with Gasteiger partial charge in [0, 0.05) is 17.9 Å². The van der Waals surface area contributed by atoms with Crippen molar-refractivity contribution < 1.29 is 9.53 Å². The number of fused-ring (bicyclic) bond motifs is 1. The van der Waals surface area contributed by atoms with Crippen LogP contribution in [-0.2, 0) is 4.79 Å². The van der Waals surface area contributed by atoms with E-state index in [1.54, 1.807) is 0 Å². The highest BCUT2D eigenvalue weighted by molar-refractivity contribution is 5.79. The second kappa shape index (κ2) is 5.64. The van der Waals surface area contributed by atoms with E-state index in [1.165, 1.54) is 19.3 Å². The summed E-state index contributed by atoms with van der Waals surface area (Å²) in [5.74, 6) is 1.38. The van der Waals surface area contributed by atoms with Crippen molar-refractivity contribution in [2.45, 2.75) is 44.6 Å². The quantitative estimate of drug-likeness (QED) is 0.885. The van der Waals surface area contributed by atoms with E-state index in [1.807, 2.05) is 18.2 Å². The van der Waals surface area contributed by atoms with Crippen molar-refractivity contribution in [2.75, 3.05) is 6.61 Å². The van der Waals surface area contributed by atoms with E-state index < -0.39 is 0 Å². The van der Waals surface area contributed by atoms with Gasteiger partial charge >= 0.3 is 0 Å². The molecule has 1 aromatic rings. The number of hydrogen-bond acceptors (Lipinski definition) is 2. The lowest BCUT2D eigenvalue weighted by Crippen LogP contribution is -2.37. The molecular weight excluding hydrogens is 238 g/mol. The van der Waals surface area contributed by atoms with Gasteiger partial charge < -0.3 is 10.1 Å². The maximum absolute atomic E-state index is 12.3. The molecule has 1 N–H and O–H groups in total. The van der Waals surface area contributed by atoms with Gasteiger partial charge in [0.05, 0.1) is 12.6 Å². The van der Waals surface area contributed by atoms with Crippen LogP contribution in [0.2, 0.25) is 0 Å². The molecule has 1 atom stereocenters. The first-order valence-corrected chi connectivity index (χ1v) is 7.37. The summed E-state index contributed by atoms with van der Waals surface area (Å²) in [5.41, 5.74) is 1.12. The molecule has 0 bridgehead atoms. The number of rotatable bonds is 2. The summed E-state index contributed by atoms with van der Waals surface area (Å²) < 4.78 is 5.63. The lowest BCUT2D eigenvalue weighted by molar-refractivity contribution is -0.126. The van der Waals surface area contributed by atoms with E-state index in [2.05, 4.69) is 11.4 Å². The average molecular weight is 259 g/mol. The van der Waals surface area contributed by atoms with Crippen molar-refractivity contribution in [3.05, 3.63) is 29.8 Å². The summed E-state index contributed by atoms with van der Waals surface area (Å²) in [6.45, 7) is 0.687. The van der Waals surface area contributed by atoms with E-state index in [-0.39, 0.29) is 17.9 Å². The first kappa shape index (κ1) is 12.5. The molecule has 3 nitrogen and oxygen atoms in total. The standard InChI is InChI=1S/C16H21NO2/c18-16(12-6-2-1-3-7-12)17-14-10-11-19-15-9-5-4-8-13(14)15/h4-5,8-9,12,14H,1-3,6-7,10-11H2,(H,17,18)/t14-/m0/s1. The van der Waals surface area contributed by atoms with E-state index in [0.29, 0.717) is 6.61 Å². The maximum atomic E-state index is 12.3. The minimum Gasteiger partial charge on any atom is -0.493 e. The van der Waals surface area contributed by atoms with Crippen molar-refractivity contribution in [1.29, 1.82) is 0 Å². The van der Waals surface area contributed by atoms with Gasteiger partial charge in [-0.2, -0.15) is 0 Å². The zero-order valence-electron chi connectivity index (χ0n) is 11.2. The van der Waals surface area contributed by atoms with E-state index in [0.717, 1.165) is 30.6 Å². The molecule has 1 aliphatic heterocycles. The minimum absolute atomic E-state index is 0.124. The summed E-state index contributed by atoms with van der Waals surface area (Å²) >= 11 is 0. The van der Waals surface area contributed by atoms with Gasteiger partial charge in [-0.25, -0.2) is 0 Å². The highest BCUT2D eigenvalue weighted by Gasteiger charge is 2.27. The fraction of sp³-hybridized carbons (Fsp3) is 0.562. The van der Waals surface area contributed by atoms with Crippen LogP contribution in [0.25, 0.3) is 0 Å². The zero-order chi connectivity index (χ0) is 13.1. The van der Waals surface area contributed by atoms with Gasteiger partial charge in [-0.15, -0.1) is 0 Å². The van der Waals surface area contributed by atoms with Crippen LogP contribution in [0.3, 0.4) is 0 Å². The van der Waals surface area contributed by atoms with Crippen LogP contribution in [0.15, 0.2) is 24.3 Å². The highest BCUT2D eigenvalue weighted by atomic mass is 16.5. The topological polar surface area (TPSA) is 38.3 Å². The molecule has 0 aromatic heterocycles. The number of carbonyl (C=O) groups is 1. The van der Waals surface area contributed by atoms with Crippen molar-refractivity contribution in [3.63, 3.8) is 0 Å². The molecule has 1 aromatic carbocycles. The second-order valence-electron chi connectivity index (χ2n) is 5.57. The predicted octanol–water partition coefficient (Wildman–Crippen LogP) is 3.21. The Morgan fingerprint density at radius 1 is 1.11 bits per heavy atom. The first-order chi connectivity index (χ1) is 9.34. The molecule has 0 spiro atoms. The summed E-state index contributed by atoms with van der Waals surface area (Å²) in [6, 6.07) is 8.14. The molecule has 19 heavy (non-hydrogen) atoms. The number of amides is 1. The van der Waals surface area contributed by atoms with Crippen molar-refractivity contribution in [3.8, 4) is 5.75 Å². The Morgan fingerprint density at radius 3 is 2.74 bits per heavy atom. The molecule has 1 amide bonds. The zero-order valence-corrected chi connectivity index (χ0v) is 11.2. The third-order valence-electron chi connectivity index (χ3n) is 4.25. The maximum Gasteiger partial charge on any atom is 0.223 e. The first-order valence-electron chi connectivity index (χ1n) is 7.37. The summed E-state index contributed by atoms with van der Waals surface area (Å²) in [7, 11) is 0. The number of benzene rings is 1. The summed E-state index contributed by atoms with van der Waals surface area (Å²) in [4.78, 5) is 12.3. The Hall–Kier alpha value is -1.51. The normalized spacial score (nSPS) is 23.3. The van der Waals surface area contributed by atoms with Gasteiger partial charge in [0.25, 0.3) is 0 Å². The molecule has 102 valence electrons. The number of ether oxygens (including phenoxy) is 1. The van der Waals surface area contributed by atoms with Gasteiger partial charge in [0.1, 0.15) is 5.75 Å². The molecular formula is C16H21NO2. The third-order valence-corrected chi connectivity index (χ3v) is 4.25. The van der Waals surface area contributed by atoms with Crippen LogP contribution in [-0.4, -0.2) is 12.5 Å². The Labute approximate surface area is 114 Å². The van der Waals surface area contributed by atoms with Crippen molar-refractivity contribution in [1.82, 2.24) is 5.32 Å². The van der Waals surface area contributed by atoms with Crippen LogP contribution in [0.1, 0.15) is 50.1 Å². The number of hydrogen-bond donors (Lipinski definition) is 1. The van der Waals surface area contributed by atoms with E-state index in [9.17, 15) is 4.79 Å². The number of carbonyl (C=O) groups excluding carboxylic acids is 1. The molecule has 2 aliphatic rings. The molecule has 0 unspecified atom stereocenters. The average Bonchev–Trinajstić information content (AvgIpc) is 2.48. The molecule has 0 radical (unpaired) electrons. The third kappa shape index (κ3) is 2.75. The number of para-hydroxylation sites is 1. The van der Waals surface area contributed by atoms with Crippen LogP contribution in [0.4, 0.5) is 0 Å². The molecule has 3 heteroatoms. The van der Waals surface area contributed by atoms with Crippen LogP contribution < -0.4 is 10.1 Å². The minimum atomic E-state index is 0.124. The molecule has 0 saturated heterocycles. The molecule has 1 saturated carbocycles. The molecule has 1 fully saturated rings. The number of nitrogens with one attached hydrogen (secondary N) is 1. The van der Waals surface area contributed by atoms with Gasteiger partial charge in [-0.1, -0.05) is 37.5 Å². The largest absolute Gasteiger partial charge is 0.493 e. The SMILES string of the molecule is O=C(N[C@H]1CCOc2ccccc21)C1CCCCC1. The predicted molar refractivity (Wildman–Crippen MR) is 74.0 cm³/mol. The van der Waals surface area contributed by atoms with Crippen LogP contribution in [0.5, 0.6) is 5.75 Å². The fourth-order valence-corrected chi connectivity index (χ4v) is 3.15. The van der Waals surface area contributed by atoms with E-state index in [4.69, 9.17) is 4.74 Å². The Morgan fingerprint density at radius 2 is 1.89 bits per heavy atom. The molecule has 1 heterocycles. The van der Waals surface area contributed by atoms with Crippen molar-refractivity contribution >= 4 is 5.91 Å². The summed E-state index contributed by atoms with van der Waals surface area (Å²) in [5, 5.41) is 3.23. The molecule has 3 rings (SSSR count).